The van der Waals surface area contributed by atoms with Gasteiger partial charge in [-0.1, -0.05) is 18.2 Å². The van der Waals surface area contributed by atoms with Crippen molar-refractivity contribution in [2.24, 2.45) is 5.73 Å². The number of rotatable bonds is 2. The molecular weight excluding hydrogens is 313 g/mol. The van der Waals surface area contributed by atoms with E-state index in [4.69, 9.17) is 5.73 Å². The van der Waals surface area contributed by atoms with E-state index in [0.29, 0.717) is 16.8 Å². The zero-order valence-corrected chi connectivity index (χ0v) is 12.0. The third kappa shape index (κ3) is 2.64. The average Bonchev–Trinajstić information content (AvgIpc) is 2.45. The molecule has 1 aliphatic heterocycles. The molecule has 0 aliphatic carbocycles. The van der Waals surface area contributed by atoms with Crippen molar-refractivity contribution in [2.45, 2.75) is 11.1 Å². The lowest BCUT2D eigenvalue weighted by Crippen LogP contribution is -2.30. The molecule has 0 aromatic heterocycles. The Morgan fingerprint density at radius 1 is 1.14 bits per heavy atom. The van der Waals surface area contributed by atoms with Crippen molar-refractivity contribution in [3.8, 4) is 11.1 Å². The molecule has 7 heteroatoms. The first kappa shape index (κ1) is 14.8. The molecule has 2 aromatic carbocycles. The average molecular weight is 324 g/mol. The molecule has 0 spiro atoms. The maximum atomic E-state index is 12.9. The molecule has 22 heavy (non-hydrogen) atoms. The van der Waals surface area contributed by atoms with Gasteiger partial charge in [0, 0.05) is 10.5 Å². The molecule has 1 aliphatic rings. The maximum Gasteiger partial charge on any atom is 0.416 e. The summed E-state index contributed by atoms with van der Waals surface area (Å²) in [4.78, 5) is 12.0. The predicted molar refractivity (Wildman–Crippen MR) is 79.3 cm³/mol. The summed E-state index contributed by atoms with van der Waals surface area (Å²) in [7, 11) is 0. The van der Waals surface area contributed by atoms with Gasteiger partial charge in [0.25, 0.3) is 0 Å². The van der Waals surface area contributed by atoms with E-state index in [1.165, 1.54) is 18.0 Å². The molecule has 0 unspecified atom stereocenters. The molecular formula is C15H11F3N2OS. The van der Waals surface area contributed by atoms with Crippen LogP contribution in [-0.2, 0) is 11.0 Å². The van der Waals surface area contributed by atoms with Gasteiger partial charge in [-0.2, -0.15) is 13.2 Å². The Labute approximate surface area is 129 Å². The first-order valence-electron chi connectivity index (χ1n) is 6.41. The van der Waals surface area contributed by atoms with Crippen molar-refractivity contribution in [1.29, 1.82) is 0 Å². The monoisotopic (exact) mass is 324 g/mol. The van der Waals surface area contributed by atoms with Crippen LogP contribution < -0.4 is 10.0 Å². The molecule has 2 aromatic rings. The lowest BCUT2D eigenvalue weighted by Gasteiger charge is -2.31. The number of nitrogens with zero attached hydrogens (tertiary/aromatic N) is 1. The number of anilines is 1. The van der Waals surface area contributed by atoms with Gasteiger partial charge in [-0.25, -0.2) is 0 Å². The van der Waals surface area contributed by atoms with Crippen LogP contribution in [0, 0.1) is 0 Å². The van der Waals surface area contributed by atoms with E-state index >= 15 is 0 Å². The molecule has 2 N–H and O–H groups in total. The minimum absolute atomic E-state index is 0.0721. The third-order valence-electron chi connectivity index (χ3n) is 3.28. The summed E-state index contributed by atoms with van der Waals surface area (Å²) in [6.45, 7) is -0.0721. The van der Waals surface area contributed by atoms with Crippen LogP contribution >= 0.6 is 11.9 Å². The number of halogens is 3. The fourth-order valence-corrected chi connectivity index (χ4v) is 3.44. The molecule has 0 saturated heterocycles. The smallest absolute Gasteiger partial charge is 0.368 e. The van der Waals surface area contributed by atoms with Crippen LogP contribution in [0.2, 0.25) is 0 Å². The largest absolute Gasteiger partial charge is 0.416 e. The number of alkyl halides is 3. The SMILES string of the molecule is NC(=O)CN1Sc2ccccc2-c2cc(C(F)(F)F)ccc21. The highest BCUT2D eigenvalue weighted by Gasteiger charge is 2.33. The van der Waals surface area contributed by atoms with E-state index in [2.05, 4.69) is 0 Å². The number of nitrogens with two attached hydrogens (primary N) is 1. The van der Waals surface area contributed by atoms with Crippen LogP contribution in [-0.4, -0.2) is 12.5 Å². The Balaban J connectivity index is 2.17. The number of amides is 1. The molecule has 0 saturated carbocycles. The highest BCUT2D eigenvalue weighted by molar-refractivity contribution is 8.01. The Morgan fingerprint density at radius 2 is 1.86 bits per heavy atom. The number of fused-ring (bicyclic) bond motifs is 3. The second-order valence-corrected chi connectivity index (χ2v) is 5.88. The summed E-state index contributed by atoms with van der Waals surface area (Å²) >= 11 is 1.29. The summed E-state index contributed by atoms with van der Waals surface area (Å²) in [6.07, 6.45) is -4.41. The summed E-state index contributed by atoms with van der Waals surface area (Å²) in [5.74, 6) is -0.544. The van der Waals surface area contributed by atoms with Gasteiger partial charge in [0.1, 0.15) is 6.54 Å². The number of benzene rings is 2. The van der Waals surface area contributed by atoms with Crippen molar-refractivity contribution in [1.82, 2.24) is 0 Å². The standard InChI is InChI=1S/C15H11F3N2OS/c16-15(17,18)9-5-6-12-11(7-9)10-3-1-2-4-13(10)22-20(12)8-14(19)21/h1-7H,8H2,(H2,19,21). The summed E-state index contributed by atoms with van der Waals surface area (Å²) in [5, 5.41) is 0. The van der Waals surface area contributed by atoms with Crippen LogP contribution in [0.25, 0.3) is 11.1 Å². The van der Waals surface area contributed by atoms with Gasteiger partial charge in [-0.05, 0) is 41.8 Å². The highest BCUT2D eigenvalue weighted by Crippen LogP contribution is 2.47. The number of hydrogen-bond acceptors (Lipinski definition) is 3. The van der Waals surface area contributed by atoms with Crippen LogP contribution in [0.15, 0.2) is 47.4 Å². The molecule has 0 bridgehead atoms. The zero-order valence-electron chi connectivity index (χ0n) is 11.2. The topological polar surface area (TPSA) is 46.3 Å². The Kier molecular flexibility index (Phi) is 3.52. The van der Waals surface area contributed by atoms with E-state index in [0.717, 1.165) is 17.0 Å². The molecule has 114 valence electrons. The van der Waals surface area contributed by atoms with Crippen molar-refractivity contribution in [3.63, 3.8) is 0 Å². The second-order valence-electron chi connectivity index (χ2n) is 4.82. The van der Waals surface area contributed by atoms with Crippen LogP contribution in [0.3, 0.4) is 0 Å². The Morgan fingerprint density at radius 3 is 2.55 bits per heavy atom. The van der Waals surface area contributed by atoms with E-state index in [9.17, 15) is 18.0 Å². The minimum Gasteiger partial charge on any atom is -0.368 e. The van der Waals surface area contributed by atoms with Crippen molar-refractivity contribution in [3.05, 3.63) is 48.0 Å². The van der Waals surface area contributed by atoms with Gasteiger partial charge < -0.3 is 10.0 Å². The highest BCUT2D eigenvalue weighted by atomic mass is 32.2. The van der Waals surface area contributed by atoms with Gasteiger partial charge in [-0.3, -0.25) is 4.79 Å². The molecule has 1 heterocycles. The molecule has 3 rings (SSSR count). The lowest BCUT2D eigenvalue weighted by atomic mass is 10.00. The van der Waals surface area contributed by atoms with Gasteiger partial charge >= 0.3 is 6.18 Å². The maximum absolute atomic E-state index is 12.9. The van der Waals surface area contributed by atoms with E-state index < -0.39 is 17.6 Å². The Hall–Kier alpha value is -2.15. The number of hydrogen-bond donors (Lipinski definition) is 1. The first-order chi connectivity index (χ1) is 10.4. The fraction of sp³-hybridized carbons (Fsp3) is 0.133. The minimum atomic E-state index is -4.41. The molecule has 0 atom stereocenters. The normalized spacial score (nSPS) is 13.5. The van der Waals surface area contributed by atoms with E-state index in [1.54, 1.807) is 28.6 Å². The van der Waals surface area contributed by atoms with Crippen molar-refractivity contribution < 1.29 is 18.0 Å². The van der Waals surface area contributed by atoms with Crippen LogP contribution in [0.4, 0.5) is 18.9 Å². The molecule has 1 amide bonds. The Bertz CT molecular complexity index is 746. The van der Waals surface area contributed by atoms with Gasteiger partial charge in [-0.15, -0.1) is 0 Å². The summed E-state index contributed by atoms with van der Waals surface area (Å²) < 4.78 is 40.5. The fourth-order valence-electron chi connectivity index (χ4n) is 2.34. The summed E-state index contributed by atoms with van der Waals surface area (Å²) in [5.41, 5.74) is 6.23. The number of carbonyl (C=O) groups excluding carboxylic acids is 1. The quantitative estimate of drug-likeness (QED) is 0.857. The van der Waals surface area contributed by atoms with Crippen molar-refractivity contribution >= 4 is 23.5 Å². The van der Waals surface area contributed by atoms with Gasteiger partial charge in [0.05, 0.1) is 11.3 Å². The van der Waals surface area contributed by atoms with Crippen molar-refractivity contribution in [2.75, 3.05) is 10.8 Å². The third-order valence-corrected chi connectivity index (χ3v) is 4.38. The zero-order chi connectivity index (χ0) is 15.9. The molecule has 0 radical (unpaired) electrons. The summed E-state index contributed by atoms with van der Waals surface area (Å²) in [6, 6.07) is 10.6. The number of carbonyl (C=O) groups is 1. The van der Waals surface area contributed by atoms with Crippen LogP contribution in [0.1, 0.15) is 5.56 Å². The van der Waals surface area contributed by atoms with Crippen LogP contribution in [0.5, 0.6) is 0 Å². The predicted octanol–water partition coefficient (Wildman–Crippen LogP) is 3.68. The number of primary amides is 1. The van der Waals surface area contributed by atoms with E-state index in [-0.39, 0.29) is 6.54 Å². The second kappa shape index (κ2) is 5.24. The lowest BCUT2D eigenvalue weighted by molar-refractivity contribution is -0.137. The van der Waals surface area contributed by atoms with E-state index in [1.807, 2.05) is 0 Å². The van der Waals surface area contributed by atoms with Gasteiger partial charge in [0.15, 0.2) is 0 Å². The van der Waals surface area contributed by atoms with Gasteiger partial charge in [0.2, 0.25) is 5.91 Å². The first-order valence-corrected chi connectivity index (χ1v) is 7.18. The molecule has 3 nitrogen and oxygen atoms in total. The molecule has 0 fully saturated rings.